The Morgan fingerprint density at radius 3 is 2.61 bits per heavy atom. The predicted octanol–water partition coefficient (Wildman–Crippen LogP) is 2.55. The summed E-state index contributed by atoms with van der Waals surface area (Å²) < 4.78 is 13.1. The van der Waals surface area contributed by atoms with Crippen LogP contribution in [0.25, 0.3) is 0 Å². The van der Waals surface area contributed by atoms with Crippen molar-refractivity contribution in [2.75, 3.05) is 7.05 Å². The summed E-state index contributed by atoms with van der Waals surface area (Å²) in [6.07, 6.45) is 0.616. The van der Waals surface area contributed by atoms with Crippen molar-refractivity contribution >= 4 is 5.97 Å². The van der Waals surface area contributed by atoms with Crippen LogP contribution in [0.1, 0.15) is 26.3 Å². The number of likely N-dealkylation sites (N-methyl/N-ethyl adjacent to an activating group) is 1. The van der Waals surface area contributed by atoms with Crippen LogP contribution in [0.15, 0.2) is 24.3 Å². The summed E-state index contributed by atoms with van der Waals surface area (Å²) in [6.45, 7) is 5.27. The fraction of sp³-hybridized carbons (Fsp3) is 0.500. The average molecular weight is 253 g/mol. The van der Waals surface area contributed by atoms with Crippen LogP contribution in [0.2, 0.25) is 0 Å². The summed E-state index contributed by atoms with van der Waals surface area (Å²) in [6, 6.07) is 6.41. The van der Waals surface area contributed by atoms with Crippen molar-refractivity contribution in [1.82, 2.24) is 4.90 Å². The highest BCUT2D eigenvalue weighted by Crippen LogP contribution is 2.18. The highest BCUT2D eigenvalue weighted by Gasteiger charge is 2.34. The second kappa shape index (κ2) is 5.48. The molecule has 0 bridgehead atoms. The van der Waals surface area contributed by atoms with E-state index in [1.807, 2.05) is 13.0 Å². The Kier molecular flexibility index (Phi) is 4.46. The minimum atomic E-state index is -0.938. The van der Waals surface area contributed by atoms with E-state index < -0.39 is 11.5 Å². The number of carboxylic acids is 1. The molecule has 3 nitrogen and oxygen atoms in total. The smallest absolute Gasteiger partial charge is 0.323 e. The van der Waals surface area contributed by atoms with Gasteiger partial charge in [-0.15, -0.1) is 0 Å². The molecule has 0 fully saturated rings. The van der Waals surface area contributed by atoms with E-state index in [1.165, 1.54) is 12.1 Å². The molecular formula is C14H20FNO2. The third kappa shape index (κ3) is 3.29. The molecule has 0 saturated carbocycles. The summed E-state index contributed by atoms with van der Waals surface area (Å²) in [5, 5.41) is 9.17. The van der Waals surface area contributed by atoms with Crippen LogP contribution in [0.5, 0.6) is 0 Å². The van der Waals surface area contributed by atoms with Gasteiger partial charge in [-0.05, 0) is 51.9 Å². The maximum Gasteiger partial charge on any atom is 0.323 e. The summed E-state index contributed by atoms with van der Waals surface area (Å²) in [5.41, 5.74) is -0.0669. The third-order valence-corrected chi connectivity index (χ3v) is 3.49. The number of hydrogen-bond donors (Lipinski definition) is 1. The number of halogens is 1. The summed E-state index contributed by atoms with van der Waals surface area (Å²) >= 11 is 0. The maximum atomic E-state index is 13.1. The Morgan fingerprint density at radius 1 is 1.50 bits per heavy atom. The topological polar surface area (TPSA) is 40.5 Å². The van der Waals surface area contributed by atoms with E-state index in [4.69, 9.17) is 5.11 Å². The van der Waals surface area contributed by atoms with E-state index in [1.54, 1.807) is 31.9 Å². The Balaban J connectivity index is 2.77. The van der Waals surface area contributed by atoms with Gasteiger partial charge >= 0.3 is 5.97 Å². The standard InChI is InChI=1S/C14H20FNO2/c1-10(16(4)14(2,3)13(17)18)8-11-6-5-7-12(15)9-11/h5-7,9-10H,8H2,1-4H3,(H,17,18). The first-order valence-electron chi connectivity index (χ1n) is 5.96. The van der Waals surface area contributed by atoms with Crippen LogP contribution < -0.4 is 0 Å². The van der Waals surface area contributed by atoms with Crippen molar-refractivity contribution in [3.63, 3.8) is 0 Å². The molecule has 0 heterocycles. The van der Waals surface area contributed by atoms with Crippen molar-refractivity contribution in [3.05, 3.63) is 35.6 Å². The van der Waals surface area contributed by atoms with Crippen molar-refractivity contribution < 1.29 is 14.3 Å². The molecule has 1 N–H and O–H groups in total. The monoisotopic (exact) mass is 253 g/mol. The average Bonchev–Trinajstić information content (AvgIpc) is 2.27. The largest absolute Gasteiger partial charge is 0.480 e. The van der Waals surface area contributed by atoms with Gasteiger partial charge in [-0.3, -0.25) is 9.69 Å². The second-order valence-electron chi connectivity index (χ2n) is 5.16. The third-order valence-electron chi connectivity index (χ3n) is 3.49. The van der Waals surface area contributed by atoms with Crippen molar-refractivity contribution in [3.8, 4) is 0 Å². The molecule has 0 radical (unpaired) electrons. The lowest BCUT2D eigenvalue weighted by Gasteiger charge is -2.36. The Morgan fingerprint density at radius 2 is 2.11 bits per heavy atom. The van der Waals surface area contributed by atoms with E-state index in [0.717, 1.165) is 5.56 Å². The molecule has 0 aromatic heterocycles. The molecule has 0 aliphatic rings. The van der Waals surface area contributed by atoms with E-state index >= 15 is 0 Å². The second-order valence-corrected chi connectivity index (χ2v) is 5.16. The molecule has 1 unspecified atom stereocenters. The normalized spacial score (nSPS) is 13.7. The Hall–Kier alpha value is -1.42. The highest BCUT2D eigenvalue weighted by atomic mass is 19.1. The zero-order valence-electron chi connectivity index (χ0n) is 11.3. The summed E-state index contributed by atoms with van der Waals surface area (Å²) in [5.74, 6) is -1.13. The fourth-order valence-corrected chi connectivity index (χ4v) is 1.84. The van der Waals surface area contributed by atoms with Gasteiger partial charge in [0.25, 0.3) is 0 Å². The van der Waals surface area contributed by atoms with Gasteiger partial charge in [-0.2, -0.15) is 0 Å². The Bertz CT molecular complexity index is 432. The first-order chi connectivity index (χ1) is 8.25. The molecule has 1 aromatic carbocycles. The van der Waals surface area contributed by atoms with Gasteiger partial charge in [0.15, 0.2) is 0 Å². The molecular weight excluding hydrogens is 233 g/mol. The lowest BCUT2D eigenvalue weighted by molar-refractivity contribution is -0.149. The molecule has 1 rings (SSSR count). The predicted molar refractivity (Wildman–Crippen MR) is 69.0 cm³/mol. The van der Waals surface area contributed by atoms with E-state index in [9.17, 15) is 9.18 Å². The zero-order chi connectivity index (χ0) is 13.9. The lowest BCUT2D eigenvalue weighted by Crippen LogP contribution is -2.52. The van der Waals surface area contributed by atoms with Crippen molar-refractivity contribution in [2.24, 2.45) is 0 Å². The van der Waals surface area contributed by atoms with Crippen LogP contribution in [0, 0.1) is 5.82 Å². The molecule has 0 aliphatic carbocycles. The number of benzene rings is 1. The minimum Gasteiger partial charge on any atom is -0.480 e. The number of aliphatic carboxylic acids is 1. The van der Waals surface area contributed by atoms with E-state index in [-0.39, 0.29) is 11.9 Å². The molecule has 100 valence electrons. The number of hydrogen-bond acceptors (Lipinski definition) is 2. The van der Waals surface area contributed by atoms with Crippen LogP contribution in [-0.4, -0.2) is 34.6 Å². The number of nitrogens with zero attached hydrogens (tertiary/aromatic N) is 1. The van der Waals surface area contributed by atoms with Crippen LogP contribution in [-0.2, 0) is 11.2 Å². The molecule has 1 atom stereocenters. The quantitative estimate of drug-likeness (QED) is 0.876. The molecule has 0 spiro atoms. The maximum absolute atomic E-state index is 13.1. The van der Waals surface area contributed by atoms with Gasteiger partial charge < -0.3 is 5.11 Å². The van der Waals surface area contributed by atoms with Gasteiger partial charge in [-0.25, -0.2) is 4.39 Å². The number of carbonyl (C=O) groups is 1. The SMILES string of the molecule is CC(Cc1cccc(F)c1)N(C)C(C)(C)C(=O)O. The van der Waals surface area contributed by atoms with E-state index in [2.05, 4.69) is 0 Å². The van der Waals surface area contributed by atoms with Gasteiger partial charge in [0, 0.05) is 6.04 Å². The number of carboxylic acid groups (broad SMARTS) is 1. The van der Waals surface area contributed by atoms with Gasteiger partial charge in [0.2, 0.25) is 0 Å². The summed E-state index contributed by atoms with van der Waals surface area (Å²) in [7, 11) is 1.78. The van der Waals surface area contributed by atoms with Crippen LogP contribution >= 0.6 is 0 Å². The lowest BCUT2D eigenvalue weighted by atomic mass is 9.98. The molecule has 18 heavy (non-hydrogen) atoms. The summed E-state index contributed by atoms with van der Waals surface area (Å²) in [4.78, 5) is 13.0. The molecule has 4 heteroatoms. The first-order valence-corrected chi connectivity index (χ1v) is 5.96. The van der Waals surface area contributed by atoms with Crippen LogP contribution in [0.4, 0.5) is 4.39 Å². The van der Waals surface area contributed by atoms with Gasteiger partial charge in [0.05, 0.1) is 0 Å². The minimum absolute atomic E-state index is 0.0119. The van der Waals surface area contributed by atoms with E-state index in [0.29, 0.717) is 6.42 Å². The Labute approximate surface area is 107 Å². The van der Waals surface area contributed by atoms with Crippen molar-refractivity contribution in [1.29, 1.82) is 0 Å². The molecule has 1 aromatic rings. The molecule has 0 saturated heterocycles. The van der Waals surface area contributed by atoms with Gasteiger partial charge in [-0.1, -0.05) is 12.1 Å². The van der Waals surface area contributed by atoms with Crippen molar-refractivity contribution in [2.45, 2.75) is 38.8 Å². The first kappa shape index (κ1) is 14.6. The number of rotatable bonds is 5. The molecule has 0 amide bonds. The zero-order valence-corrected chi connectivity index (χ0v) is 11.3. The van der Waals surface area contributed by atoms with Crippen LogP contribution in [0.3, 0.4) is 0 Å². The van der Waals surface area contributed by atoms with Gasteiger partial charge in [0.1, 0.15) is 11.4 Å². The molecule has 0 aliphatic heterocycles. The fourth-order valence-electron chi connectivity index (χ4n) is 1.84. The highest BCUT2D eigenvalue weighted by molar-refractivity contribution is 5.77.